The summed E-state index contributed by atoms with van der Waals surface area (Å²) in [7, 11) is -3.52. The van der Waals surface area contributed by atoms with E-state index in [2.05, 4.69) is 10.0 Å². The minimum absolute atomic E-state index is 0.0236. The molecule has 138 valence electrons. The lowest BCUT2D eigenvalue weighted by Gasteiger charge is -2.22. The SMILES string of the molecule is O=C(C=Cc1cccs1)Nc1ccc(S(=O)(=O)NC2CCCCC2)cc1. The summed E-state index contributed by atoms with van der Waals surface area (Å²) in [6.45, 7) is 0. The van der Waals surface area contributed by atoms with Gasteiger partial charge in [0, 0.05) is 22.7 Å². The molecule has 0 bridgehead atoms. The van der Waals surface area contributed by atoms with Gasteiger partial charge in [-0.05, 0) is 54.6 Å². The Morgan fingerprint density at radius 3 is 2.46 bits per heavy atom. The molecule has 0 aliphatic heterocycles. The number of carbonyl (C=O) groups is 1. The molecule has 0 atom stereocenters. The van der Waals surface area contributed by atoms with E-state index < -0.39 is 10.0 Å². The Morgan fingerprint density at radius 1 is 1.08 bits per heavy atom. The van der Waals surface area contributed by atoms with E-state index in [1.807, 2.05) is 17.5 Å². The van der Waals surface area contributed by atoms with E-state index in [0.29, 0.717) is 5.69 Å². The number of hydrogen-bond donors (Lipinski definition) is 2. The summed E-state index contributed by atoms with van der Waals surface area (Å²) in [6, 6.07) is 10.1. The van der Waals surface area contributed by atoms with Crippen LogP contribution in [0.4, 0.5) is 5.69 Å². The number of thiophene rings is 1. The summed E-state index contributed by atoms with van der Waals surface area (Å²) in [5.74, 6) is -0.255. The smallest absolute Gasteiger partial charge is 0.248 e. The lowest BCUT2D eigenvalue weighted by molar-refractivity contribution is -0.111. The second kappa shape index (κ2) is 8.62. The van der Waals surface area contributed by atoms with Crippen molar-refractivity contribution in [2.75, 3.05) is 5.32 Å². The van der Waals surface area contributed by atoms with Gasteiger partial charge in [0.2, 0.25) is 15.9 Å². The van der Waals surface area contributed by atoms with Gasteiger partial charge in [-0.1, -0.05) is 25.3 Å². The summed E-state index contributed by atoms with van der Waals surface area (Å²) in [4.78, 5) is 13.1. The standard InChI is InChI=1S/C19H22N2O3S2/c22-19(13-10-17-7-4-14-25-17)20-15-8-11-18(12-9-15)26(23,24)21-16-5-2-1-3-6-16/h4,7-14,16,21H,1-3,5-6H2,(H,20,22). The van der Waals surface area contributed by atoms with Crippen LogP contribution in [-0.4, -0.2) is 20.4 Å². The Balaban J connectivity index is 1.59. The molecule has 1 aliphatic carbocycles. The van der Waals surface area contributed by atoms with Crippen molar-refractivity contribution in [2.45, 2.75) is 43.0 Å². The number of benzene rings is 1. The van der Waals surface area contributed by atoms with Gasteiger partial charge in [-0.2, -0.15) is 0 Å². The molecular formula is C19H22N2O3S2. The van der Waals surface area contributed by atoms with Crippen molar-refractivity contribution in [2.24, 2.45) is 0 Å². The van der Waals surface area contributed by atoms with Gasteiger partial charge in [0.1, 0.15) is 0 Å². The Hall–Kier alpha value is -1.96. The van der Waals surface area contributed by atoms with Gasteiger partial charge >= 0.3 is 0 Å². The first-order valence-corrected chi connectivity index (χ1v) is 11.0. The van der Waals surface area contributed by atoms with E-state index in [4.69, 9.17) is 0 Å². The van der Waals surface area contributed by atoms with Crippen LogP contribution in [0.3, 0.4) is 0 Å². The Labute approximate surface area is 158 Å². The van der Waals surface area contributed by atoms with Crippen LogP contribution in [0.5, 0.6) is 0 Å². The van der Waals surface area contributed by atoms with E-state index in [1.165, 1.54) is 24.6 Å². The maximum Gasteiger partial charge on any atom is 0.248 e. The van der Waals surface area contributed by atoms with Crippen LogP contribution in [0.1, 0.15) is 37.0 Å². The molecule has 0 unspecified atom stereocenters. The normalized spacial score (nSPS) is 16.0. The highest BCUT2D eigenvalue weighted by Gasteiger charge is 2.21. The van der Waals surface area contributed by atoms with E-state index in [-0.39, 0.29) is 16.8 Å². The molecule has 1 fully saturated rings. The van der Waals surface area contributed by atoms with Crippen molar-refractivity contribution in [1.29, 1.82) is 0 Å². The highest BCUT2D eigenvalue weighted by Crippen LogP contribution is 2.21. The molecular weight excluding hydrogens is 368 g/mol. The van der Waals surface area contributed by atoms with Gasteiger partial charge in [-0.15, -0.1) is 11.3 Å². The fourth-order valence-corrected chi connectivity index (χ4v) is 4.88. The molecule has 26 heavy (non-hydrogen) atoms. The van der Waals surface area contributed by atoms with Crippen molar-refractivity contribution >= 4 is 39.0 Å². The number of rotatable bonds is 6. The first-order valence-electron chi connectivity index (χ1n) is 8.68. The first kappa shape index (κ1) is 18.8. The molecule has 0 spiro atoms. The summed E-state index contributed by atoms with van der Waals surface area (Å²) < 4.78 is 27.7. The number of nitrogens with one attached hydrogen (secondary N) is 2. The molecule has 1 aliphatic rings. The van der Waals surface area contributed by atoms with Crippen LogP contribution in [0.15, 0.2) is 52.7 Å². The molecule has 1 heterocycles. The molecule has 1 saturated carbocycles. The molecule has 7 heteroatoms. The predicted molar refractivity (Wildman–Crippen MR) is 106 cm³/mol. The van der Waals surface area contributed by atoms with Crippen LogP contribution in [0.2, 0.25) is 0 Å². The van der Waals surface area contributed by atoms with Gasteiger partial charge < -0.3 is 5.32 Å². The zero-order valence-electron chi connectivity index (χ0n) is 14.4. The summed E-state index contributed by atoms with van der Waals surface area (Å²) >= 11 is 1.55. The Bertz CT molecular complexity index is 851. The summed E-state index contributed by atoms with van der Waals surface area (Å²) in [5, 5.41) is 4.67. The van der Waals surface area contributed by atoms with Crippen molar-refractivity contribution in [1.82, 2.24) is 4.72 Å². The zero-order valence-corrected chi connectivity index (χ0v) is 16.0. The third-order valence-corrected chi connectivity index (χ3v) is 6.68. The zero-order chi connectivity index (χ0) is 18.4. The fraction of sp³-hybridized carbons (Fsp3) is 0.316. The maximum atomic E-state index is 12.5. The molecule has 0 saturated heterocycles. The lowest BCUT2D eigenvalue weighted by atomic mass is 9.96. The second-order valence-corrected chi connectivity index (χ2v) is 9.01. The maximum absolute atomic E-state index is 12.5. The van der Waals surface area contributed by atoms with Gasteiger partial charge in [0.25, 0.3) is 0 Å². The topological polar surface area (TPSA) is 75.3 Å². The van der Waals surface area contributed by atoms with Crippen LogP contribution < -0.4 is 10.0 Å². The van der Waals surface area contributed by atoms with Crippen LogP contribution in [0.25, 0.3) is 6.08 Å². The third-order valence-electron chi connectivity index (χ3n) is 4.30. The Kier molecular flexibility index (Phi) is 6.24. The minimum atomic E-state index is -3.52. The van der Waals surface area contributed by atoms with Gasteiger partial charge in [0.15, 0.2) is 0 Å². The number of sulfonamides is 1. The highest BCUT2D eigenvalue weighted by molar-refractivity contribution is 7.89. The third kappa shape index (κ3) is 5.27. The quantitative estimate of drug-likeness (QED) is 0.732. The minimum Gasteiger partial charge on any atom is -0.323 e. The molecule has 3 rings (SSSR count). The van der Waals surface area contributed by atoms with Crippen LogP contribution in [0, 0.1) is 0 Å². The fourth-order valence-electron chi connectivity index (χ4n) is 2.95. The average Bonchev–Trinajstić information content (AvgIpc) is 3.14. The lowest BCUT2D eigenvalue weighted by Crippen LogP contribution is -2.36. The number of carbonyl (C=O) groups excluding carboxylic acids is 1. The highest BCUT2D eigenvalue weighted by atomic mass is 32.2. The molecule has 5 nitrogen and oxygen atoms in total. The van der Waals surface area contributed by atoms with Gasteiger partial charge in [-0.3, -0.25) is 4.79 Å². The monoisotopic (exact) mass is 390 g/mol. The van der Waals surface area contributed by atoms with Gasteiger partial charge in [0.05, 0.1) is 4.90 Å². The van der Waals surface area contributed by atoms with Crippen molar-refractivity contribution in [3.8, 4) is 0 Å². The summed E-state index contributed by atoms with van der Waals surface area (Å²) in [5.41, 5.74) is 0.558. The molecule has 2 N–H and O–H groups in total. The van der Waals surface area contributed by atoms with Gasteiger partial charge in [-0.25, -0.2) is 13.1 Å². The molecule has 2 aromatic rings. The number of anilines is 1. The van der Waals surface area contributed by atoms with E-state index in [9.17, 15) is 13.2 Å². The molecule has 0 radical (unpaired) electrons. The second-order valence-electron chi connectivity index (χ2n) is 6.32. The van der Waals surface area contributed by atoms with E-state index in [1.54, 1.807) is 29.5 Å². The van der Waals surface area contributed by atoms with E-state index >= 15 is 0 Å². The Morgan fingerprint density at radius 2 is 1.81 bits per heavy atom. The average molecular weight is 391 g/mol. The molecule has 1 amide bonds. The van der Waals surface area contributed by atoms with Crippen molar-refractivity contribution in [3.05, 3.63) is 52.7 Å². The predicted octanol–water partition coefficient (Wildman–Crippen LogP) is 4.01. The van der Waals surface area contributed by atoms with Crippen LogP contribution in [-0.2, 0) is 14.8 Å². The van der Waals surface area contributed by atoms with Crippen molar-refractivity contribution < 1.29 is 13.2 Å². The number of amides is 1. The number of hydrogen-bond acceptors (Lipinski definition) is 4. The van der Waals surface area contributed by atoms with Crippen molar-refractivity contribution in [3.63, 3.8) is 0 Å². The molecule has 1 aromatic carbocycles. The first-order chi connectivity index (χ1) is 12.5. The summed E-state index contributed by atoms with van der Waals surface area (Å²) in [6.07, 6.45) is 8.30. The van der Waals surface area contributed by atoms with Crippen LogP contribution >= 0.6 is 11.3 Å². The largest absolute Gasteiger partial charge is 0.323 e. The molecule has 1 aromatic heterocycles. The van der Waals surface area contributed by atoms with E-state index in [0.717, 1.165) is 30.6 Å².